The van der Waals surface area contributed by atoms with Crippen LogP contribution in [0, 0.1) is 0 Å². The fraction of sp³-hybridized carbons (Fsp3) is 0.692. The van der Waals surface area contributed by atoms with Crippen LogP contribution in [-0.4, -0.2) is 42.2 Å². The third-order valence-corrected chi connectivity index (χ3v) is 3.10. The number of aromatic nitrogens is 2. The van der Waals surface area contributed by atoms with Gasteiger partial charge in [0.15, 0.2) is 0 Å². The van der Waals surface area contributed by atoms with Crippen molar-refractivity contribution in [3.63, 3.8) is 0 Å². The van der Waals surface area contributed by atoms with E-state index in [9.17, 15) is 0 Å². The van der Waals surface area contributed by atoms with Gasteiger partial charge in [-0.3, -0.25) is 0 Å². The highest BCUT2D eigenvalue weighted by Crippen LogP contribution is 2.21. The summed E-state index contributed by atoms with van der Waals surface area (Å²) in [5.41, 5.74) is 5.81. The predicted octanol–water partition coefficient (Wildman–Crippen LogP) is 1.25. The van der Waals surface area contributed by atoms with Gasteiger partial charge in [-0.15, -0.1) is 0 Å². The van der Waals surface area contributed by atoms with Gasteiger partial charge in [-0.1, -0.05) is 0 Å². The summed E-state index contributed by atoms with van der Waals surface area (Å²) in [5, 5.41) is 0. The number of nitrogens with zero attached hydrogens (tertiary/aromatic N) is 4. The first-order valence-electron chi connectivity index (χ1n) is 6.53. The van der Waals surface area contributed by atoms with Crippen LogP contribution in [-0.2, 0) is 0 Å². The van der Waals surface area contributed by atoms with E-state index in [-0.39, 0.29) is 5.54 Å². The van der Waals surface area contributed by atoms with Crippen LogP contribution in [0.25, 0.3) is 0 Å². The summed E-state index contributed by atoms with van der Waals surface area (Å²) in [6.45, 7) is 7.01. The maximum Gasteiger partial charge on any atom is 0.134 e. The quantitative estimate of drug-likeness (QED) is 0.870. The summed E-state index contributed by atoms with van der Waals surface area (Å²) >= 11 is 0. The number of hydrogen-bond acceptors (Lipinski definition) is 5. The number of likely N-dealkylation sites (N-methyl/N-ethyl adjacent to an activating group) is 1. The summed E-state index contributed by atoms with van der Waals surface area (Å²) in [6.07, 6.45) is 4.15. The molecule has 2 rings (SSSR count). The van der Waals surface area contributed by atoms with Gasteiger partial charge in [-0.05, 0) is 26.7 Å². The summed E-state index contributed by atoms with van der Waals surface area (Å²) in [5.74, 6) is 1.96. The zero-order chi connectivity index (χ0) is 13.2. The Hall–Kier alpha value is -1.36. The smallest absolute Gasteiger partial charge is 0.134 e. The average molecular weight is 249 g/mol. The number of rotatable bonds is 4. The zero-order valence-corrected chi connectivity index (χ0v) is 11.6. The third-order valence-electron chi connectivity index (χ3n) is 3.10. The Balaban J connectivity index is 2.11. The maximum atomic E-state index is 6.04. The molecular formula is C13H23N5. The molecule has 18 heavy (non-hydrogen) atoms. The summed E-state index contributed by atoms with van der Waals surface area (Å²) in [4.78, 5) is 13.1. The maximum absolute atomic E-state index is 6.04. The standard InChI is InChI=1S/C13H23N5/c1-13(2,14)9-17(3)11-8-12(16-10-15-11)18-6-4-5-7-18/h8,10H,4-7,9,14H2,1-3H3. The molecule has 5 heteroatoms. The highest BCUT2D eigenvalue weighted by molar-refractivity contribution is 5.50. The number of nitrogens with two attached hydrogens (primary N) is 1. The van der Waals surface area contributed by atoms with E-state index in [2.05, 4.69) is 25.8 Å². The monoisotopic (exact) mass is 249 g/mol. The lowest BCUT2D eigenvalue weighted by atomic mass is 10.1. The second-order valence-corrected chi connectivity index (χ2v) is 5.77. The molecule has 0 bridgehead atoms. The molecule has 0 radical (unpaired) electrons. The fourth-order valence-corrected chi connectivity index (χ4v) is 2.36. The largest absolute Gasteiger partial charge is 0.358 e. The first-order valence-corrected chi connectivity index (χ1v) is 6.53. The van der Waals surface area contributed by atoms with E-state index in [0.29, 0.717) is 0 Å². The van der Waals surface area contributed by atoms with Gasteiger partial charge < -0.3 is 15.5 Å². The first-order chi connectivity index (χ1) is 8.46. The first kappa shape index (κ1) is 13.1. The van der Waals surface area contributed by atoms with Crippen LogP contribution >= 0.6 is 0 Å². The lowest BCUT2D eigenvalue weighted by Crippen LogP contribution is -2.44. The van der Waals surface area contributed by atoms with E-state index in [0.717, 1.165) is 31.3 Å². The Bertz CT molecular complexity index is 393. The van der Waals surface area contributed by atoms with E-state index >= 15 is 0 Å². The molecule has 1 aromatic rings. The van der Waals surface area contributed by atoms with Crippen molar-refractivity contribution < 1.29 is 0 Å². The second-order valence-electron chi connectivity index (χ2n) is 5.77. The molecule has 2 N–H and O–H groups in total. The predicted molar refractivity (Wildman–Crippen MR) is 75.0 cm³/mol. The Morgan fingerprint density at radius 1 is 1.33 bits per heavy atom. The molecule has 0 atom stereocenters. The van der Waals surface area contributed by atoms with E-state index in [1.807, 2.05) is 20.9 Å². The van der Waals surface area contributed by atoms with Gasteiger partial charge in [0, 0.05) is 38.3 Å². The van der Waals surface area contributed by atoms with Crippen molar-refractivity contribution in [2.45, 2.75) is 32.2 Å². The molecule has 0 aliphatic carbocycles. The molecule has 0 unspecified atom stereocenters. The number of hydrogen-bond donors (Lipinski definition) is 1. The van der Waals surface area contributed by atoms with E-state index in [1.54, 1.807) is 6.33 Å². The fourth-order valence-electron chi connectivity index (χ4n) is 2.36. The van der Waals surface area contributed by atoms with Crippen molar-refractivity contribution in [3.05, 3.63) is 12.4 Å². The van der Waals surface area contributed by atoms with Crippen LogP contribution in [0.3, 0.4) is 0 Å². The zero-order valence-electron chi connectivity index (χ0n) is 11.6. The minimum Gasteiger partial charge on any atom is -0.358 e. The van der Waals surface area contributed by atoms with E-state index < -0.39 is 0 Å². The third kappa shape index (κ3) is 3.32. The van der Waals surface area contributed by atoms with E-state index in [1.165, 1.54) is 12.8 Å². The van der Waals surface area contributed by atoms with Crippen LogP contribution in [0.5, 0.6) is 0 Å². The Morgan fingerprint density at radius 2 is 2.00 bits per heavy atom. The SMILES string of the molecule is CN(CC(C)(C)N)c1cc(N2CCCC2)ncn1. The van der Waals surface area contributed by atoms with E-state index in [4.69, 9.17) is 5.73 Å². The van der Waals surface area contributed by atoms with Gasteiger partial charge >= 0.3 is 0 Å². The summed E-state index contributed by atoms with van der Waals surface area (Å²) in [6, 6.07) is 2.05. The lowest BCUT2D eigenvalue weighted by molar-refractivity contribution is 0.517. The van der Waals surface area contributed by atoms with Gasteiger partial charge in [-0.2, -0.15) is 0 Å². The highest BCUT2D eigenvalue weighted by atomic mass is 15.2. The van der Waals surface area contributed by atoms with Crippen molar-refractivity contribution in [1.82, 2.24) is 9.97 Å². The average Bonchev–Trinajstić information content (AvgIpc) is 2.80. The Morgan fingerprint density at radius 3 is 2.61 bits per heavy atom. The molecule has 100 valence electrons. The van der Waals surface area contributed by atoms with Crippen LogP contribution in [0.4, 0.5) is 11.6 Å². The van der Waals surface area contributed by atoms with Crippen molar-refractivity contribution in [1.29, 1.82) is 0 Å². The molecule has 0 spiro atoms. The normalized spacial score (nSPS) is 16.1. The van der Waals surface area contributed by atoms with Crippen LogP contribution in [0.2, 0.25) is 0 Å². The Labute approximate surface area is 109 Å². The topological polar surface area (TPSA) is 58.3 Å². The van der Waals surface area contributed by atoms with Gasteiger partial charge in [0.1, 0.15) is 18.0 Å². The van der Waals surface area contributed by atoms with Crippen molar-refractivity contribution >= 4 is 11.6 Å². The summed E-state index contributed by atoms with van der Waals surface area (Å²) < 4.78 is 0. The second kappa shape index (κ2) is 5.10. The molecule has 1 aromatic heterocycles. The summed E-state index contributed by atoms with van der Waals surface area (Å²) in [7, 11) is 2.02. The molecule has 1 aliphatic rings. The van der Waals surface area contributed by atoms with Gasteiger partial charge in [-0.25, -0.2) is 9.97 Å². The van der Waals surface area contributed by atoms with Gasteiger partial charge in [0.05, 0.1) is 0 Å². The van der Waals surface area contributed by atoms with Crippen LogP contribution in [0.1, 0.15) is 26.7 Å². The molecule has 0 amide bonds. The molecule has 2 heterocycles. The molecule has 0 saturated carbocycles. The molecule has 1 saturated heterocycles. The highest BCUT2D eigenvalue weighted by Gasteiger charge is 2.18. The Kier molecular flexibility index (Phi) is 3.71. The lowest BCUT2D eigenvalue weighted by Gasteiger charge is -2.28. The van der Waals surface area contributed by atoms with Gasteiger partial charge in [0.2, 0.25) is 0 Å². The number of anilines is 2. The van der Waals surface area contributed by atoms with Gasteiger partial charge in [0.25, 0.3) is 0 Å². The molecule has 1 aliphatic heterocycles. The van der Waals surface area contributed by atoms with Crippen LogP contribution in [0.15, 0.2) is 12.4 Å². The van der Waals surface area contributed by atoms with Crippen LogP contribution < -0.4 is 15.5 Å². The van der Waals surface area contributed by atoms with Crippen molar-refractivity contribution in [2.75, 3.05) is 36.5 Å². The van der Waals surface area contributed by atoms with Crippen molar-refractivity contribution in [3.8, 4) is 0 Å². The minimum atomic E-state index is -0.229. The van der Waals surface area contributed by atoms with Crippen molar-refractivity contribution in [2.24, 2.45) is 5.73 Å². The molecule has 0 aromatic carbocycles. The molecule has 5 nitrogen and oxygen atoms in total. The molecular weight excluding hydrogens is 226 g/mol. The minimum absolute atomic E-state index is 0.229. The molecule has 1 fully saturated rings.